The van der Waals surface area contributed by atoms with Crippen LogP contribution in [0.15, 0.2) is 47.4 Å². The maximum atomic E-state index is 14.0. The van der Waals surface area contributed by atoms with Gasteiger partial charge in [-0.1, -0.05) is 12.1 Å². The van der Waals surface area contributed by atoms with Gasteiger partial charge in [-0.2, -0.15) is 5.10 Å². The Morgan fingerprint density at radius 1 is 1.11 bits per heavy atom. The first-order valence-electron chi connectivity index (χ1n) is 7.56. The molecule has 27 heavy (non-hydrogen) atoms. The molecule has 0 fully saturated rings. The lowest BCUT2D eigenvalue weighted by molar-refractivity contribution is 0.146. The average Bonchev–Trinajstić information content (AvgIpc) is 3.06. The molecule has 0 atom stereocenters. The first-order chi connectivity index (χ1) is 12.7. The fourth-order valence-electron chi connectivity index (χ4n) is 2.64. The molecule has 0 unspecified atom stereocenters. The summed E-state index contributed by atoms with van der Waals surface area (Å²) in [5, 5.41) is 11.2. The lowest BCUT2D eigenvalue weighted by atomic mass is 9.99. The number of nitrogens with two attached hydrogens (primary N) is 1. The number of hydrogen-bond acceptors (Lipinski definition) is 4. The van der Waals surface area contributed by atoms with Gasteiger partial charge in [0.25, 0.3) is 6.43 Å². The number of nitrogens with one attached hydrogen (secondary N) is 1. The van der Waals surface area contributed by atoms with Gasteiger partial charge in [0.1, 0.15) is 11.4 Å². The van der Waals surface area contributed by atoms with E-state index in [4.69, 9.17) is 9.88 Å². The van der Waals surface area contributed by atoms with E-state index in [-0.39, 0.29) is 33.0 Å². The monoisotopic (exact) mass is 397 g/mol. The number of hydrogen-bond donors (Lipinski definition) is 2. The fourth-order valence-corrected chi connectivity index (χ4v) is 3.15. The molecule has 0 amide bonds. The summed E-state index contributed by atoms with van der Waals surface area (Å²) >= 11 is 0. The van der Waals surface area contributed by atoms with Gasteiger partial charge in [-0.05, 0) is 35.9 Å². The maximum absolute atomic E-state index is 14.0. The third-order valence-corrected chi connectivity index (χ3v) is 4.84. The highest BCUT2D eigenvalue weighted by molar-refractivity contribution is 7.89. The number of rotatable bonds is 5. The molecule has 0 aliphatic carbocycles. The molecule has 1 aromatic heterocycles. The van der Waals surface area contributed by atoms with E-state index in [0.717, 1.165) is 6.07 Å². The normalized spacial score (nSPS) is 11.8. The minimum Gasteiger partial charge on any atom is -0.494 e. The number of primary sulfonamides is 1. The van der Waals surface area contributed by atoms with Gasteiger partial charge in [0.2, 0.25) is 10.0 Å². The number of aromatic amines is 1. The van der Waals surface area contributed by atoms with E-state index in [9.17, 15) is 21.6 Å². The smallest absolute Gasteiger partial charge is 0.280 e. The van der Waals surface area contributed by atoms with Crippen molar-refractivity contribution in [3.8, 4) is 28.1 Å². The molecule has 3 rings (SSSR count). The lowest BCUT2D eigenvalue weighted by Gasteiger charge is -2.08. The number of sulfonamides is 1. The third-order valence-electron chi connectivity index (χ3n) is 3.91. The van der Waals surface area contributed by atoms with Crippen molar-refractivity contribution in [1.29, 1.82) is 0 Å². The highest BCUT2D eigenvalue weighted by Crippen LogP contribution is 2.38. The minimum absolute atomic E-state index is 0.00224. The van der Waals surface area contributed by atoms with Crippen molar-refractivity contribution in [1.82, 2.24) is 10.2 Å². The molecule has 0 spiro atoms. The van der Waals surface area contributed by atoms with E-state index < -0.39 is 28.0 Å². The summed E-state index contributed by atoms with van der Waals surface area (Å²) in [5.74, 6) is -0.672. The average molecular weight is 397 g/mol. The SMILES string of the molecule is COc1ccc(-c2n[nH]c(C(F)F)c2-c2ccc(S(N)(=O)=O)cc2)cc1F. The Morgan fingerprint density at radius 2 is 1.74 bits per heavy atom. The van der Waals surface area contributed by atoms with Crippen LogP contribution in [-0.2, 0) is 10.0 Å². The molecule has 0 bridgehead atoms. The van der Waals surface area contributed by atoms with Gasteiger partial charge in [-0.3, -0.25) is 5.10 Å². The summed E-state index contributed by atoms with van der Waals surface area (Å²) in [6, 6.07) is 9.02. The van der Waals surface area contributed by atoms with Gasteiger partial charge in [-0.25, -0.2) is 26.7 Å². The van der Waals surface area contributed by atoms with Crippen molar-refractivity contribution in [3.05, 3.63) is 54.0 Å². The predicted octanol–water partition coefficient (Wildman–Crippen LogP) is 3.48. The third kappa shape index (κ3) is 3.67. The van der Waals surface area contributed by atoms with Crippen molar-refractivity contribution in [2.24, 2.45) is 5.14 Å². The molecule has 0 saturated carbocycles. The highest BCUT2D eigenvalue weighted by Gasteiger charge is 2.23. The van der Waals surface area contributed by atoms with Gasteiger partial charge in [0.15, 0.2) is 11.6 Å². The molecule has 0 radical (unpaired) electrons. The molecule has 6 nitrogen and oxygen atoms in total. The van der Waals surface area contributed by atoms with Crippen LogP contribution in [0.5, 0.6) is 5.75 Å². The Kier molecular flexibility index (Phi) is 4.94. The molecule has 0 aliphatic rings. The number of alkyl halides is 2. The Morgan fingerprint density at radius 3 is 2.26 bits per heavy atom. The van der Waals surface area contributed by atoms with Crippen LogP contribution in [0.1, 0.15) is 12.1 Å². The molecule has 1 heterocycles. The second-order valence-corrected chi connectivity index (χ2v) is 7.14. The second-order valence-electron chi connectivity index (χ2n) is 5.58. The Bertz CT molecular complexity index is 1080. The highest BCUT2D eigenvalue weighted by atomic mass is 32.2. The van der Waals surface area contributed by atoms with E-state index in [1.165, 1.54) is 43.5 Å². The van der Waals surface area contributed by atoms with Crippen LogP contribution >= 0.6 is 0 Å². The quantitative estimate of drug-likeness (QED) is 0.689. The Hall–Kier alpha value is -2.85. The Labute approximate surface area is 152 Å². The first-order valence-corrected chi connectivity index (χ1v) is 9.10. The largest absolute Gasteiger partial charge is 0.494 e. The molecule has 142 valence electrons. The van der Waals surface area contributed by atoms with Gasteiger partial charge in [0, 0.05) is 11.1 Å². The summed E-state index contributed by atoms with van der Waals surface area (Å²) < 4.78 is 68.5. The van der Waals surface area contributed by atoms with Crippen LogP contribution in [0.4, 0.5) is 13.2 Å². The maximum Gasteiger partial charge on any atom is 0.280 e. The van der Waals surface area contributed by atoms with E-state index in [1.54, 1.807) is 0 Å². The van der Waals surface area contributed by atoms with Crippen LogP contribution in [0.3, 0.4) is 0 Å². The predicted molar refractivity (Wildman–Crippen MR) is 92.3 cm³/mol. The number of ether oxygens (including phenoxy) is 1. The number of H-pyrrole nitrogens is 1. The van der Waals surface area contributed by atoms with Crippen LogP contribution in [-0.4, -0.2) is 25.7 Å². The van der Waals surface area contributed by atoms with E-state index >= 15 is 0 Å². The van der Waals surface area contributed by atoms with Gasteiger partial charge in [0.05, 0.1) is 12.0 Å². The molecule has 3 N–H and O–H groups in total. The zero-order chi connectivity index (χ0) is 19.8. The zero-order valence-corrected chi connectivity index (χ0v) is 14.7. The van der Waals surface area contributed by atoms with Crippen molar-refractivity contribution in [2.45, 2.75) is 11.3 Å². The van der Waals surface area contributed by atoms with Crippen molar-refractivity contribution in [2.75, 3.05) is 7.11 Å². The summed E-state index contributed by atoms with van der Waals surface area (Å²) in [5.41, 5.74) is 0.190. The zero-order valence-electron chi connectivity index (χ0n) is 13.9. The summed E-state index contributed by atoms with van der Waals surface area (Å²) in [6.07, 6.45) is -2.87. The molecule has 0 saturated heterocycles. The standard InChI is InChI=1S/C17H14F3N3O3S/c1-26-13-7-4-10(8-12(13)18)15-14(16(17(19)20)23-22-15)9-2-5-11(6-3-9)27(21,24)25/h2-8,17H,1H3,(H,22,23)(H2,21,24,25). The Balaban J connectivity index is 2.17. The van der Waals surface area contributed by atoms with Gasteiger partial charge >= 0.3 is 0 Å². The summed E-state index contributed by atoms with van der Waals surface area (Å²) in [6.45, 7) is 0. The van der Waals surface area contributed by atoms with Crippen LogP contribution in [0.2, 0.25) is 0 Å². The number of nitrogens with zero attached hydrogens (tertiary/aromatic N) is 1. The van der Waals surface area contributed by atoms with E-state index in [0.29, 0.717) is 0 Å². The van der Waals surface area contributed by atoms with Crippen molar-refractivity contribution in [3.63, 3.8) is 0 Å². The summed E-state index contributed by atoms with van der Waals surface area (Å²) in [7, 11) is -2.62. The molecular weight excluding hydrogens is 383 g/mol. The molecule has 2 aromatic carbocycles. The van der Waals surface area contributed by atoms with Crippen LogP contribution in [0, 0.1) is 5.82 Å². The number of benzene rings is 2. The molecule has 0 aliphatic heterocycles. The van der Waals surface area contributed by atoms with Crippen molar-refractivity contribution < 1.29 is 26.3 Å². The van der Waals surface area contributed by atoms with E-state index in [1.807, 2.05) is 0 Å². The van der Waals surface area contributed by atoms with Crippen molar-refractivity contribution >= 4 is 10.0 Å². The van der Waals surface area contributed by atoms with Crippen LogP contribution in [0.25, 0.3) is 22.4 Å². The fraction of sp³-hybridized carbons (Fsp3) is 0.118. The molecule has 3 aromatic rings. The number of aromatic nitrogens is 2. The number of methoxy groups -OCH3 is 1. The molecule has 10 heteroatoms. The number of halogens is 3. The van der Waals surface area contributed by atoms with Gasteiger partial charge in [-0.15, -0.1) is 0 Å². The van der Waals surface area contributed by atoms with Crippen LogP contribution < -0.4 is 9.88 Å². The first kappa shape index (κ1) is 18.9. The summed E-state index contributed by atoms with van der Waals surface area (Å²) in [4.78, 5) is -0.162. The second kappa shape index (κ2) is 7.05. The van der Waals surface area contributed by atoms with Gasteiger partial charge < -0.3 is 4.74 Å². The lowest BCUT2D eigenvalue weighted by Crippen LogP contribution is -2.11. The van der Waals surface area contributed by atoms with E-state index in [2.05, 4.69) is 10.2 Å². The minimum atomic E-state index is -3.93. The topological polar surface area (TPSA) is 98.1 Å². The molecular formula is C17H14F3N3O3S.